The highest BCUT2D eigenvalue weighted by Crippen LogP contribution is 2.11. The second kappa shape index (κ2) is 9.32. The number of carbonyl (C=O) groups excluding carboxylic acids is 2. The van der Waals surface area contributed by atoms with Crippen molar-refractivity contribution < 1.29 is 14.3 Å². The minimum absolute atomic E-state index is 0.00925. The molecule has 1 atom stereocenters. The van der Waals surface area contributed by atoms with Gasteiger partial charge in [0.05, 0.1) is 12.6 Å². The van der Waals surface area contributed by atoms with Crippen molar-refractivity contribution in [2.45, 2.75) is 31.9 Å². The lowest BCUT2D eigenvalue weighted by atomic mass is 10.2. The number of hydrogen-bond acceptors (Lipinski definition) is 6. The van der Waals surface area contributed by atoms with Crippen LogP contribution in [-0.2, 0) is 20.9 Å². The number of nitrogens with one attached hydrogen (secondary N) is 1. The van der Waals surface area contributed by atoms with E-state index in [9.17, 15) is 9.59 Å². The van der Waals surface area contributed by atoms with Crippen LogP contribution in [0.3, 0.4) is 0 Å². The summed E-state index contributed by atoms with van der Waals surface area (Å²) in [6.45, 7) is 4.67. The molecular formula is C20H28N6O3. The highest BCUT2D eigenvalue weighted by Gasteiger charge is 2.22. The van der Waals surface area contributed by atoms with Crippen LogP contribution in [0, 0.1) is 0 Å². The molecule has 2 saturated heterocycles. The first kappa shape index (κ1) is 19.8. The van der Waals surface area contributed by atoms with Crippen LogP contribution in [0.1, 0.15) is 19.3 Å². The summed E-state index contributed by atoms with van der Waals surface area (Å²) in [5.41, 5.74) is 1.58. The molecule has 9 heteroatoms. The number of amides is 2. The van der Waals surface area contributed by atoms with E-state index < -0.39 is 0 Å². The fraction of sp³-hybridized carbons (Fsp3) is 0.600. The van der Waals surface area contributed by atoms with E-state index in [2.05, 4.69) is 20.4 Å². The van der Waals surface area contributed by atoms with E-state index >= 15 is 0 Å². The average molecular weight is 400 g/mol. The Morgan fingerprint density at radius 1 is 1.03 bits per heavy atom. The Morgan fingerprint density at radius 2 is 1.83 bits per heavy atom. The fourth-order valence-corrected chi connectivity index (χ4v) is 3.87. The summed E-state index contributed by atoms with van der Waals surface area (Å²) in [7, 11) is 0. The van der Waals surface area contributed by atoms with Crippen LogP contribution in [0.25, 0.3) is 11.0 Å². The zero-order valence-corrected chi connectivity index (χ0v) is 16.6. The van der Waals surface area contributed by atoms with E-state index in [1.807, 2.05) is 29.2 Å². The largest absolute Gasteiger partial charge is 0.376 e. The first-order valence-electron chi connectivity index (χ1n) is 10.4. The Hall–Kier alpha value is -2.52. The Balaban J connectivity index is 1.23. The second-order valence-corrected chi connectivity index (χ2v) is 7.67. The molecule has 0 radical (unpaired) electrons. The number of nitrogens with zero attached hydrogens (tertiary/aromatic N) is 5. The maximum Gasteiger partial charge on any atom is 0.246 e. The molecular weight excluding hydrogens is 372 g/mol. The topological polar surface area (TPSA) is 92.6 Å². The molecule has 156 valence electrons. The zero-order valence-electron chi connectivity index (χ0n) is 16.6. The van der Waals surface area contributed by atoms with Gasteiger partial charge in [-0.25, -0.2) is 0 Å². The number of carbonyl (C=O) groups is 2. The lowest BCUT2D eigenvalue weighted by Crippen LogP contribution is -2.42. The first-order valence-corrected chi connectivity index (χ1v) is 10.4. The quantitative estimate of drug-likeness (QED) is 0.748. The summed E-state index contributed by atoms with van der Waals surface area (Å²) in [6, 6.07) is 7.58. The predicted octanol–water partition coefficient (Wildman–Crippen LogP) is 0.261. The van der Waals surface area contributed by atoms with E-state index in [0.29, 0.717) is 32.7 Å². The van der Waals surface area contributed by atoms with Gasteiger partial charge in [0.1, 0.15) is 17.6 Å². The minimum atomic E-state index is 0.00925. The normalized spacial score (nSPS) is 20.7. The molecule has 2 aromatic rings. The predicted molar refractivity (Wildman–Crippen MR) is 107 cm³/mol. The molecule has 2 fully saturated rings. The van der Waals surface area contributed by atoms with Crippen LogP contribution in [0.5, 0.6) is 0 Å². The Morgan fingerprint density at radius 3 is 2.55 bits per heavy atom. The van der Waals surface area contributed by atoms with Crippen molar-refractivity contribution in [2.24, 2.45) is 0 Å². The molecule has 2 aliphatic heterocycles. The summed E-state index contributed by atoms with van der Waals surface area (Å²) in [5.74, 6) is 0.0303. The molecule has 2 amide bonds. The van der Waals surface area contributed by atoms with Crippen molar-refractivity contribution in [2.75, 3.05) is 45.9 Å². The van der Waals surface area contributed by atoms with E-state index in [-0.39, 0.29) is 24.5 Å². The number of fused-ring (bicyclic) bond motifs is 1. The van der Waals surface area contributed by atoms with E-state index in [4.69, 9.17) is 4.74 Å². The SMILES string of the molecule is O=C(CN1CCCN(C(=O)Cn2nc3ccccc3n2)CC1)NCC1CCCO1. The van der Waals surface area contributed by atoms with Gasteiger partial charge in [-0.3, -0.25) is 14.5 Å². The van der Waals surface area contributed by atoms with Crippen molar-refractivity contribution in [3.63, 3.8) is 0 Å². The molecule has 1 N–H and O–H groups in total. The molecule has 1 aromatic heterocycles. The summed E-state index contributed by atoms with van der Waals surface area (Å²) >= 11 is 0. The van der Waals surface area contributed by atoms with Gasteiger partial charge in [-0.1, -0.05) is 12.1 Å². The highest BCUT2D eigenvalue weighted by atomic mass is 16.5. The first-order chi connectivity index (χ1) is 14.2. The molecule has 0 spiro atoms. The summed E-state index contributed by atoms with van der Waals surface area (Å²) in [4.78, 5) is 30.3. The van der Waals surface area contributed by atoms with Gasteiger partial charge in [0, 0.05) is 39.3 Å². The molecule has 0 bridgehead atoms. The number of benzene rings is 1. The number of rotatable bonds is 6. The Labute approximate surface area is 170 Å². The molecule has 2 aliphatic rings. The van der Waals surface area contributed by atoms with Crippen molar-refractivity contribution in [3.05, 3.63) is 24.3 Å². The van der Waals surface area contributed by atoms with Gasteiger partial charge in [0.2, 0.25) is 11.8 Å². The molecule has 1 aromatic carbocycles. The van der Waals surface area contributed by atoms with E-state index in [0.717, 1.165) is 43.4 Å². The summed E-state index contributed by atoms with van der Waals surface area (Å²) in [5, 5.41) is 11.7. The summed E-state index contributed by atoms with van der Waals surface area (Å²) < 4.78 is 5.54. The van der Waals surface area contributed by atoms with Crippen molar-refractivity contribution >= 4 is 22.8 Å². The molecule has 0 aliphatic carbocycles. The van der Waals surface area contributed by atoms with Crippen LogP contribution in [0.15, 0.2) is 24.3 Å². The molecule has 4 rings (SSSR count). The molecule has 0 saturated carbocycles. The van der Waals surface area contributed by atoms with Crippen LogP contribution >= 0.6 is 0 Å². The van der Waals surface area contributed by atoms with Gasteiger partial charge >= 0.3 is 0 Å². The number of ether oxygens (including phenoxy) is 1. The van der Waals surface area contributed by atoms with E-state index in [1.54, 1.807) is 0 Å². The monoisotopic (exact) mass is 400 g/mol. The maximum atomic E-state index is 12.7. The third-order valence-corrected chi connectivity index (χ3v) is 5.46. The maximum absolute atomic E-state index is 12.7. The summed E-state index contributed by atoms with van der Waals surface area (Å²) in [6.07, 6.45) is 3.09. The third kappa shape index (κ3) is 5.30. The van der Waals surface area contributed by atoms with Gasteiger partial charge in [0.25, 0.3) is 0 Å². The van der Waals surface area contributed by atoms with Gasteiger partial charge in [-0.15, -0.1) is 0 Å². The molecule has 1 unspecified atom stereocenters. The molecule has 29 heavy (non-hydrogen) atoms. The number of hydrogen-bond donors (Lipinski definition) is 1. The Kier molecular flexibility index (Phi) is 6.36. The van der Waals surface area contributed by atoms with Gasteiger partial charge < -0.3 is 15.0 Å². The number of aromatic nitrogens is 3. The third-order valence-electron chi connectivity index (χ3n) is 5.46. The smallest absolute Gasteiger partial charge is 0.246 e. The lowest BCUT2D eigenvalue weighted by molar-refractivity contribution is -0.132. The van der Waals surface area contributed by atoms with Crippen LogP contribution in [0.2, 0.25) is 0 Å². The average Bonchev–Trinajstić information content (AvgIpc) is 3.31. The standard InChI is InChI=1S/C20H28N6O3/c27-19(21-13-16-5-3-12-29-16)14-24-8-4-9-25(11-10-24)20(28)15-26-22-17-6-1-2-7-18(17)23-26/h1-2,6-7,16H,3-5,8-15H2,(H,21,27). The fourth-order valence-electron chi connectivity index (χ4n) is 3.87. The van der Waals surface area contributed by atoms with Crippen molar-refractivity contribution in [3.8, 4) is 0 Å². The molecule has 9 nitrogen and oxygen atoms in total. The van der Waals surface area contributed by atoms with Gasteiger partial charge in [-0.2, -0.15) is 15.0 Å². The van der Waals surface area contributed by atoms with Gasteiger partial charge in [-0.05, 0) is 31.4 Å². The second-order valence-electron chi connectivity index (χ2n) is 7.67. The van der Waals surface area contributed by atoms with Crippen LogP contribution in [0.4, 0.5) is 0 Å². The van der Waals surface area contributed by atoms with Crippen molar-refractivity contribution in [1.82, 2.24) is 30.1 Å². The lowest BCUT2D eigenvalue weighted by Gasteiger charge is -2.21. The minimum Gasteiger partial charge on any atom is -0.376 e. The van der Waals surface area contributed by atoms with Crippen LogP contribution in [-0.4, -0.2) is 88.6 Å². The Bertz CT molecular complexity index is 815. The van der Waals surface area contributed by atoms with Gasteiger partial charge in [0.15, 0.2) is 0 Å². The highest BCUT2D eigenvalue weighted by molar-refractivity contribution is 5.78. The molecule has 3 heterocycles. The van der Waals surface area contributed by atoms with E-state index in [1.165, 1.54) is 4.80 Å². The zero-order chi connectivity index (χ0) is 20.1. The van der Waals surface area contributed by atoms with Crippen molar-refractivity contribution in [1.29, 1.82) is 0 Å². The van der Waals surface area contributed by atoms with Crippen LogP contribution < -0.4 is 5.32 Å².